The Hall–Kier alpha value is -2.42. The topological polar surface area (TPSA) is 70.7 Å². The summed E-state index contributed by atoms with van der Waals surface area (Å²) in [6.45, 7) is 1.78. The molecule has 0 fully saturated rings. The van der Waals surface area contributed by atoms with E-state index >= 15 is 0 Å². The molecule has 142 valence electrons. The van der Waals surface area contributed by atoms with Crippen LogP contribution in [0.2, 0.25) is 0 Å². The number of H-pyrrole nitrogens is 1. The van der Waals surface area contributed by atoms with Crippen LogP contribution in [0.15, 0.2) is 53.5 Å². The third-order valence-electron chi connectivity index (χ3n) is 4.40. The first-order valence-electron chi connectivity index (χ1n) is 8.71. The van der Waals surface area contributed by atoms with Gasteiger partial charge in [-0.25, -0.2) is 0 Å². The van der Waals surface area contributed by atoms with Gasteiger partial charge in [0, 0.05) is 24.8 Å². The van der Waals surface area contributed by atoms with Gasteiger partial charge in [0.05, 0.1) is 6.54 Å². The van der Waals surface area contributed by atoms with Crippen molar-refractivity contribution in [1.82, 2.24) is 15.6 Å². The Morgan fingerprint density at radius 1 is 1.07 bits per heavy atom. The highest BCUT2D eigenvalue weighted by molar-refractivity contribution is 14.0. The summed E-state index contributed by atoms with van der Waals surface area (Å²) >= 11 is 0. The molecule has 0 amide bonds. The zero-order chi connectivity index (χ0) is 17.8. The highest BCUT2D eigenvalue weighted by Crippen LogP contribution is 2.32. The third kappa shape index (κ3) is 4.65. The van der Waals surface area contributed by atoms with Crippen LogP contribution in [0.25, 0.3) is 10.9 Å². The van der Waals surface area contributed by atoms with Gasteiger partial charge < -0.3 is 25.1 Å². The smallest absolute Gasteiger partial charge is 0.231 e. The van der Waals surface area contributed by atoms with Crippen molar-refractivity contribution in [2.45, 2.75) is 13.0 Å². The Labute approximate surface area is 175 Å². The molecule has 27 heavy (non-hydrogen) atoms. The SMILES string of the molecule is CN=C(NCCc1ccc2c(c1)OCO2)NCc1cc2ccccc2[nH]1.I. The number of para-hydroxylation sites is 1. The molecule has 0 unspecified atom stereocenters. The van der Waals surface area contributed by atoms with Crippen molar-refractivity contribution in [2.75, 3.05) is 20.4 Å². The molecule has 6 nitrogen and oxygen atoms in total. The molecule has 3 aromatic rings. The van der Waals surface area contributed by atoms with Crippen molar-refractivity contribution in [3.8, 4) is 11.5 Å². The fraction of sp³-hybridized carbons (Fsp3) is 0.250. The molecule has 7 heteroatoms. The molecule has 4 rings (SSSR count). The van der Waals surface area contributed by atoms with E-state index in [0.29, 0.717) is 13.3 Å². The van der Waals surface area contributed by atoms with Gasteiger partial charge in [-0.1, -0.05) is 24.3 Å². The van der Waals surface area contributed by atoms with E-state index in [-0.39, 0.29) is 24.0 Å². The van der Waals surface area contributed by atoms with Gasteiger partial charge in [0.2, 0.25) is 6.79 Å². The molecule has 1 aromatic heterocycles. The Balaban J connectivity index is 0.00000210. The van der Waals surface area contributed by atoms with E-state index in [2.05, 4.69) is 44.9 Å². The first-order valence-corrected chi connectivity index (χ1v) is 8.71. The van der Waals surface area contributed by atoms with Crippen molar-refractivity contribution < 1.29 is 9.47 Å². The number of fused-ring (bicyclic) bond motifs is 2. The molecule has 3 N–H and O–H groups in total. The summed E-state index contributed by atoms with van der Waals surface area (Å²) in [7, 11) is 1.78. The molecule has 0 atom stereocenters. The lowest BCUT2D eigenvalue weighted by Crippen LogP contribution is -2.37. The monoisotopic (exact) mass is 478 g/mol. The van der Waals surface area contributed by atoms with Crippen LogP contribution in [0, 0.1) is 0 Å². The number of benzene rings is 2. The molecule has 0 aliphatic carbocycles. The van der Waals surface area contributed by atoms with Crippen molar-refractivity contribution in [1.29, 1.82) is 0 Å². The van der Waals surface area contributed by atoms with E-state index < -0.39 is 0 Å². The molecule has 0 radical (unpaired) electrons. The minimum Gasteiger partial charge on any atom is -0.454 e. The van der Waals surface area contributed by atoms with Gasteiger partial charge in [-0.3, -0.25) is 4.99 Å². The molecular formula is C20H23IN4O2. The number of ether oxygens (including phenoxy) is 2. The van der Waals surface area contributed by atoms with Crippen LogP contribution in [-0.4, -0.2) is 31.3 Å². The summed E-state index contributed by atoms with van der Waals surface area (Å²) in [4.78, 5) is 7.69. The van der Waals surface area contributed by atoms with Gasteiger partial charge in [0.15, 0.2) is 17.5 Å². The van der Waals surface area contributed by atoms with Crippen LogP contribution >= 0.6 is 24.0 Å². The predicted molar refractivity (Wildman–Crippen MR) is 118 cm³/mol. The molecule has 0 spiro atoms. The van der Waals surface area contributed by atoms with E-state index in [1.807, 2.05) is 24.3 Å². The number of rotatable bonds is 5. The van der Waals surface area contributed by atoms with Crippen LogP contribution in [0.4, 0.5) is 0 Å². The van der Waals surface area contributed by atoms with E-state index in [1.165, 1.54) is 10.9 Å². The van der Waals surface area contributed by atoms with Crippen LogP contribution in [0.5, 0.6) is 11.5 Å². The lowest BCUT2D eigenvalue weighted by atomic mass is 10.1. The number of halogens is 1. The Bertz CT molecular complexity index is 906. The number of aromatic amines is 1. The second-order valence-electron chi connectivity index (χ2n) is 6.17. The van der Waals surface area contributed by atoms with Crippen LogP contribution in [0.1, 0.15) is 11.3 Å². The molecule has 1 aliphatic heterocycles. The molecule has 0 saturated carbocycles. The Morgan fingerprint density at radius 2 is 1.93 bits per heavy atom. The maximum absolute atomic E-state index is 5.42. The first kappa shape index (κ1) is 19.3. The zero-order valence-electron chi connectivity index (χ0n) is 15.1. The fourth-order valence-electron chi connectivity index (χ4n) is 3.05. The Kier molecular flexibility index (Phi) is 6.44. The lowest BCUT2D eigenvalue weighted by Gasteiger charge is -2.11. The summed E-state index contributed by atoms with van der Waals surface area (Å²) in [6.07, 6.45) is 0.879. The summed E-state index contributed by atoms with van der Waals surface area (Å²) in [5.41, 5.74) is 3.48. The number of hydrogen-bond acceptors (Lipinski definition) is 3. The predicted octanol–water partition coefficient (Wildman–Crippen LogP) is 3.42. The molecule has 2 heterocycles. The highest BCUT2D eigenvalue weighted by Gasteiger charge is 2.13. The van der Waals surface area contributed by atoms with Crippen molar-refractivity contribution >= 4 is 40.8 Å². The number of hydrogen-bond donors (Lipinski definition) is 3. The third-order valence-corrected chi connectivity index (χ3v) is 4.40. The zero-order valence-corrected chi connectivity index (χ0v) is 17.4. The van der Waals surface area contributed by atoms with E-state index in [4.69, 9.17) is 9.47 Å². The molecule has 0 bridgehead atoms. The Morgan fingerprint density at radius 3 is 2.78 bits per heavy atom. The molecule has 1 aliphatic rings. The van der Waals surface area contributed by atoms with E-state index in [9.17, 15) is 0 Å². The molecule has 0 saturated heterocycles. The van der Waals surface area contributed by atoms with Crippen LogP contribution in [-0.2, 0) is 13.0 Å². The van der Waals surface area contributed by atoms with Gasteiger partial charge in [0.1, 0.15) is 0 Å². The van der Waals surface area contributed by atoms with Gasteiger partial charge in [-0.2, -0.15) is 0 Å². The number of aliphatic imine (C=N–C) groups is 1. The van der Waals surface area contributed by atoms with Crippen molar-refractivity contribution in [2.24, 2.45) is 4.99 Å². The van der Waals surface area contributed by atoms with E-state index in [0.717, 1.165) is 41.6 Å². The van der Waals surface area contributed by atoms with Crippen LogP contribution in [0.3, 0.4) is 0 Å². The maximum Gasteiger partial charge on any atom is 0.231 e. The molecular weight excluding hydrogens is 455 g/mol. The van der Waals surface area contributed by atoms with Gasteiger partial charge in [0.25, 0.3) is 0 Å². The first-order chi connectivity index (χ1) is 12.8. The highest BCUT2D eigenvalue weighted by atomic mass is 127. The van der Waals surface area contributed by atoms with Gasteiger partial charge in [-0.05, 0) is 41.6 Å². The second kappa shape index (κ2) is 8.98. The fourth-order valence-corrected chi connectivity index (χ4v) is 3.05. The van der Waals surface area contributed by atoms with Crippen molar-refractivity contribution in [3.05, 3.63) is 59.8 Å². The van der Waals surface area contributed by atoms with Crippen molar-refractivity contribution in [3.63, 3.8) is 0 Å². The summed E-state index contributed by atoms with van der Waals surface area (Å²) in [6, 6.07) is 16.5. The number of nitrogens with one attached hydrogen (secondary N) is 3. The second-order valence-corrected chi connectivity index (χ2v) is 6.17. The largest absolute Gasteiger partial charge is 0.454 e. The maximum atomic E-state index is 5.42. The van der Waals surface area contributed by atoms with Gasteiger partial charge in [-0.15, -0.1) is 24.0 Å². The summed E-state index contributed by atoms with van der Waals surface area (Å²) in [5, 5.41) is 7.90. The average Bonchev–Trinajstić information content (AvgIpc) is 3.30. The number of guanidine groups is 1. The van der Waals surface area contributed by atoms with E-state index in [1.54, 1.807) is 7.05 Å². The average molecular weight is 478 g/mol. The standard InChI is InChI=1S/C20H22N4O2.HI/c1-21-20(23-12-16-11-15-4-2-3-5-17(15)24-16)22-9-8-14-6-7-18-19(10-14)26-13-25-18;/h2-7,10-11,24H,8-9,12-13H2,1H3,(H2,21,22,23);1H. The normalized spacial score (nSPS) is 12.7. The lowest BCUT2D eigenvalue weighted by molar-refractivity contribution is 0.174. The number of aromatic nitrogens is 1. The number of nitrogens with zero attached hydrogens (tertiary/aromatic N) is 1. The minimum absolute atomic E-state index is 0. The molecule has 2 aromatic carbocycles. The summed E-state index contributed by atoms with van der Waals surface area (Å²) in [5.74, 6) is 2.42. The quantitative estimate of drug-likeness (QED) is 0.299. The summed E-state index contributed by atoms with van der Waals surface area (Å²) < 4.78 is 10.8. The van der Waals surface area contributed by atoms with Crippen LogP contribution < -0.4 is 20.1 Å². The van der Waals surface area contributed by atoms with Gasteiger partial charge >= 0.3 is 0 Å². The minimum atomic E-state index is 0.